The minimum Gasteiger partial charge on any atom is -0.493 e. The normalized spacial score (nSPS) is 10.5. The van der Waals surface area contributed by atoms with Crippen molar-refractivity contribution in [3.05, 3.63) is 47.9 Å². The van der Waals surface area contributed by atoms with Crippen LogP contribution in [0.5, 0.6) is 11.5 Å². The van der Waals surface area contributed by atoms with Gasteiger partial charge < -0.3 is 24.0 Å². The minimum atomic E-state index is -0.295. The number of carbonyl (C=O) groups is 1. The Morgan fingerprint density at radius 3 is 2.83 bits per heavy atom. The summed E-state index contributed by atoms with van der Waals surface area (Å²) in [6, 6.07) is 8.90. The summed E-state index contributed by atoms with van der Waals surface area (Å²) in [7, 11) is 3.09. The number of carbonyl (C=O) groups excluding carboxylic acids is 1. The molecule has 1 aromatic carbocycles. The highest BCUT2D eigenvalue weighted by molar-refractivity contribution is 5.84. The lowest BCUT2D eigenvalue weighted by atomic mass is 10.2. The Morgan fingerprint density at radius 2 is 2.13 bits per heavy atom. The first-order chi connectivity index (χ1) is 11.2. The van der Waals surface area contributed by atoms with E-state index in [0.717, 1.165) is 0 Å². The average Bonchev–Trinajstić information content (AvgIpc) is 3.10. The van der Waals surface area contributed by atoms with Crippen molar-refractivity contribution in [2.24, 2.45) is 5.16 Å². The lowest BCUT2D eigenvalue weighted by Gasteiger charge is -2.09. The second kappa shape index (κ2) is 8.47. The summed E-state index contributed by atoms with van der Waals surface area (Å²) in [4.78, 5) is 16.5. The Bertz CT molecular complexity index is 652. The molecule has 0 atom stereocenters. The highest BCUT2D eigenvalue weighted by atomic mass is 16.6. The molecule has 0 bridgehead atoms. The Labute approximate surface area is 133 Å². The molecule has 0 unspecified atom stereocenters. The molecule has 2 aromatic rings. The van der Waals surface area contributed by atoms with Crippen LogP contribution in [-0.4, -0.2) is 32.9 Å². The van der Waals surface area contributed by atoms with Crippen LogP contribution >= 0.6 is 0 Å². The van der Waals surface area contributed by atoms with E-state index in [2.05, 4.69) is 10.5 Å². The third kappa shape index (κ3) is 4.77. The molecule has 2 rings (SSSR count). The van der Waals surface area contributed by atoms with Gasteiger partial charge in [-0.3, -0.25) is 4.79 Å². The lowest BCUT2D eigenvalue weighted by molar-refractivity contribution is -0.125. The van der Waals surface area contributed by atoms with Gasteiger partial charge in [-0.2, -0.15) is 0 Å². The number of hydrogen-bond donors (Lipinski definition) is 1. The molecule has 1 N–H and O–H groups in total. The van der Waals surface area contributed by atoms with Gasteiger partial charge in [-0.05, 0) is 24.3 Å². The third-order valence-electron chi connectivity index (χ3n) is 2.94. The molecular weight excluding hydrogens is 300 g/mol. The van der Waals surface area contributed by atoms with Crippen molar-refractivity contribution in [2.75, 3.05) is 20.8 Å². The summed E-state index contributed by atoms with van der Waals surface area (Å²) in [6.45, 7) is 0.117. The zero-order valence-corrected chi connectivity index (χ0v) is 12.9. The predicted molar refractivity (Wildman–Crippen MR) is 83.6 cm³/mol. The number of rotatable bonds is 8. The Kier molecular flexibility index (Phi) is 6.05. The van der Waals surface area contributed by atoms with Crippen molar-refractivity contribution >= 4 is 12.1 Å². The first kappa shape index (κ1) is 16.4. The van der Waals surface area contributed by atoms with Gasteiger partial charge in [0.1, 0.15) is 5.76 Å². The Balaban J connectivity index is 1.81. The smallest absolute Gasteiger partial charge is 0.261 e. The quantitative estimate of drug-likeness (QED) is 0.594. The number of benzene rings is 1. The van der Waals surface area contributed by atoms with Crippen LogP contribution in [0.3, 0.4) is 0 Å². The number of hydrogen-bond acceptors (Lipinski definition) is 6. The molecule has 0 saturated carbocycles. The van der Waals surface area contributed by atoms with E-state index in [9.17, 15) is 4.79 Å². The van der Waals surface area contributed by atoms with Crippen molar-refractivity contribution in [3.8, 4) is 11.5 Å². The molecule has 1 heterocycles. The van der Waals surface area contributed by atoms with E-state index < -0.39 is 0 Å². The van der Waals surface area contributed by atoms with Gasteiger partial charge in [-0.25, -0.2) is 0 Å². The fraction of sp³-hybridized carbons (Fsp3) is 0.250. The monoisotopic (exact) mass is 318 g/mol. The molecule has 0 aliphatic carbocycles. The van der Waals surface area contributed by atoms with E-state index in [1.165, 1.54) is 13.3 Å². The summed E-state index contributed by atoms with van der Waals surface area (Å²) >= 11 is 0. The number of nitrogens with zero attached hydrogens (tertiary/aromatic N) is 1. The highest BCUT2D eigenvalue weighted by Crippen LogP contribution is 2.29. The van der Waals surface area contributed by atoms with Gasteiger partial charge in [0.2, 0.25) is 0 Å². The topological polar surface area (TPSA) is 82.3 Å². The van der Waals surface area contributed by atoms with Gasteiger partial charge in [-0.1, -0.05) is 11.2 Å². The van der Waals surface area contributed by atoms with Crippen LogP contribution < -0.4 is 14.8 Å². The van der Waals surface area contributed by atoms with Gasteiger partial charge in [0.15, 0.2) is 18.1 Å². The number of para-hydroxylation sites is 1. The molecule has 0 radical (unpaired) electrons. The molecule has 1 amide bonds. The number of methoxy groups -OCH3 is 2. The summed E-state index contributed by atoms with van der Waals surface area (Å²) in [6.07, 6.45) is 3.00. The molecule has 122 valence electrons. The van der Waals surface area contributed by atoms with Gasteiger partial charge in [0.05, 0.1) is 33.2 Å². The molecular formula is C16H18N2O5. The Morgan fingerprint density at radius 1 is 1.26 bits per heavy atom. The van der Waals surface area contributed by atoms with Gasteiger partial charge in [-0.15, -0.1) is 0 Å². The van der Waals surface area contributed by atoms with Crippen LogP contribution in [0.1, 0.15) is 11.3 Å². The van der Waals surface area contributed by atoms with E-state index in [0.29, 0.717) is 29.4 Å². The second-order valence-corrected chi connectivity index (χ2v) is 4.45. The van der Waals surface area contributed by atoms with Crippen LogP contribution in [0, 0.1) is 0 Å². The lowest BCUT2D eigenvalue weighted by Crippen LogP contribution is -2.26. The van der Waals surface area contributed by atoms with Crippen LogP contribution in [0.2, 0.25) is 0 Å². The fourth-order valence-corrected chi connectivity index (χ4v) is 1.85. The van der Waals surface area contributed by atoms with Crippen LogP contribution in [0.25, 0.3) is 0 Å². The first-order valence-corrected chi connectivity index (χ1v) is 6.90. The summed E-state index contributed by atoms with van der Waals surface area (Å²) in [5, 5.41) is 6.41. The van der Waals surface area contributed by atoms with E-state index in [-0.39, 0.29) is 12.5 Å². The maximum atomic E-state index is 11.6. The van der Waals surface area contributed by atoms with E-state index in [4.69, 9.17) is 18.7 Å². The number of nitrogens with one attached hydrogen (secondary N) is 1. The standard InChI is InChI=1S/C16H18N2O5/c1-20-14-7-3-5-12(16(14)21-2)9-18-23-11-15(19)17-10-13-6-4-8-22-13/h3-9H,10-11H2,1-2H3,(H,17,19)/b18-9-. The molecule has 0 aliphatic heterocycles. The third-order valence-corrected chi connectivity index (χ3v) is 2.94. The zero-order chi connectivity index (χ0) is 16.5. The molecule has 0 fully saturated rings. The number of ether oxygens (including phenoxy) is 2. The average molecular weight is 318 g/mol. The summed E-state index contributed by atoms with van der Waals surface area (Å²) < 4.78 is 15.6. The predicted octanol–water partition coefficient (Wildman–Crippen LogP) is 1.96. The molecule has 23 heavy (non-hydrogen) atoms. The van der Waals surface area contributed by atoms with E-state index in [1.54, 1.807) is 43.7 Å². The van der Waals surface area contributed by atoms with E-state index >= 15 is 0 Å². The fourth-order valence-electron chi connectivity index (χ4n) is 1.85. The molecule has 0 aliphatic rings. The van der Waals surface area contributed by atoms with Crippen LogP contribution in [0.4, 0.5) is 0 Å². The number of amides is 1. The highest BCUT2D eigenvalue weighted by Gasteiger charge is 2.07. The zero-order valence-electron chi connectivity index (χ0n) is 12.9. The van der Waals surface area contributed by atoms with E-state index in [1.807, 2.05) is 0 Å². The molecule has 1 aromatic heterocycles. The largest absolute Gasteiger partial charge is 0.493 e. The number of oxime groups is 1. The molecule has 7 nitrogen and oxygen atoms in total. The van der Waals surface area contributed by atoms with Crippen molar-refractivity contribution in [1.29, 1.82) is 0 Å². The number of furan rings is 1. The molecule has 0 spiro atoms. The minimum absolute atomic E-state index is 0.191. The summed E-state index contributed by atoms with van der Waals surface area (Å²) in [5.41, 5.74) is 0.683. The van der Waals surface area contributed by atoms with Gasteiger partial charge in [0.25, 0.3) is 5.91 Å². The van der Waals surface area contributed by atoms with Crippen molar-refractivity contribution in [2.45, 2.75) is 6.54 Å². The van der Waals surface area contributed by atoms with Gasteiger partial charge >= 0.3 is 0 Å². The maximum Gasteiger partial charge on any atom is 0.261 e. The maximum absolute atomic E-state index is 11.6. The Hall–Kier alpha value is -2.96. The molecule has 0 saturated heterocycles. The second-order valence-electron chi connectivity index (χ2n) is 4.45. The van der Waals surface area contributed by atoms with Crippen molar-refractivity contribution in [3.63, 3.8) is 0 Å². The van der Waals surface area contributed by atoms with Gasteiger partial charge in [0, 0.05) is 5.56 Å². The van der Waals surface area contributed by atoms with Crippen LogP contribution in [0.15, 0.2) is 46.2 Å². The summed E-state index contributed by atoms with van der Waals surface area (Å²) in [5.74, 6) is 1.51. The SMILES string of the molecule is COc1cccc(/C=N\OCC(=O)NCc2ccco2)c1OC. The first-order valence-electron chi connectivity index (χ1n) is 6.90. The van der Waals surface area contributed by atoms with Crippen molar-refractivity contribution < 1.29 is 23.5 Å². The van der Waals surface area contributed by atoms with Crippen molar-refractivity contribution in [1.82, 2.24) is 5.32 Å². The molecule has 7 heteroatoms. The van der Waals surface area contributed by atoms with Crippen LogP contribution in [-0.2, 0) is 16.2 Å².